The molecule has 3 rings (SSSR count). The summed E-state index contributed by atoms with van der Waals surface area (Å²) >= 11 is 0. The lowest BCUT2D eigenvalue weighted by atomic mass is 9.78. The van der Waals surface area contributed by atoms with Gasteiger partial charge in [0.05, 0.1) is 5.56 Å². The minimum Gasteiger partial charge on any atom is -0.337 e. The summed E-state index contributed by atoms with van der Waals surface area (Å²) < 4.78 is 0. The zero-order valence-electron chi connectivity index (χ0n) is 13.3. The van der Waals surface area contributed by atoms with Crippen LogP contribution in [0.3, 0.4) is 0 Å². The van der Waals surface area contributed by atoms with E-state index in [9.17, 15) is 4.79 Å². The molecule has 4 heteroatoms. The Kier molecular flexibility index (Phi) is 3.69. The largest absolute Gasteiger partial charge is 0.337 e. The molecule has 1 aliphatic heterocycles. The molecule has 1 aromatic heterocycles. The molecule has 2 heterocycles. The third-order valence-corrected chi connectivity index (χ3v) is 4.46. The van der Waals surface area contributed by atoms with Crippen LogP contribution in [0.1, 0.15) is 41.5 Å². The fourth-order valence-electron chi connectivity index (χ4n) is 3.22. The highest BCUT2D eigenvalue weighted by Crippen LogP contribution is 2.42. The van der Waals surface area contributed by atoms with E-state index in [4.69, 9.17) is 0 Å². The van der Waals surface area contributed by atoms with Crippen molar-refractivity contribution in [1.82, 2.24) is 14.9 Å². The van der Waals surface area contributed by atoms with E-state index in [1.807, 2.05) is 17.9 Å². The van der Waals surface area contributed by atoms with Crippen LogP contribution in [0.25, 0.3) is 0 Å². The van der Waals surface area contributed by atoms with E-state index in [0.717, 1.165) is 13.1 Å². The number of likely N-dealkylation sites (tertiary alicyclic amines) is 1. The van der Waals surface area contributed by atoms with E-state index in [-0.39, 0.29) is 11.3 Å². The van der Waals surface area contributed by atoms with Crippen molar-refractivity contribution in [2.45, 2.75) is 26.7 Å². The molecule has 114 valence electrons. The molecule has 0 bridgehead atoms. The lowest BCUT2D eigenvalue weighted by Gasteiger charge is -2.25. The fourth-order valence-corrected chi connectivity index (χ4v) is 3.22. The van der Waals surface area contributed by atoms with Gasteiger partial charge in [-0.2, -0.15) is 0 Å². The Bertz CT molecular complexity index is 664. The zero-order chi connectivity index (χ0) is 15.7. The van der Waals surface area contributed by atoms with E-state index in [1.165, 1.54) is 5.56 Å². The summed E-state index contributed by atoms with van der Waals surface area (Å²) in [5.41, 5.74) is 1.92. The molecule has 1 amide bonds. The quantitative estimate of drug-likeness (QED) is 0.855. The van der Waals surface area contributed by atoms with Gasteiger partial charge in [-0.25, -0.2) is 9.97 Å². The number of aryl methyl sites for hydroxylation is 1. The van der Waals surface area contributed by atoms with Crippen LogP contribution >= 0.6 is 0 Å². The Morgan fingerprint density at radius 2 is 1.82 bits per heavy atom. The molecule has 1 aliphatic rings. The molecule has 0 aliphatic carbocycles. The highest BCUT2D eigenvalue weighted by atomic mass is 16.2. The Labute approximate surface area is 131 Å². The predicted molar refractivity (Wildman–Crippen MR) is 85.6 cm³/mol. The van der Waals surface area contributed by atoms with Gasteiger partial charge < -0.3 is 4.90 Å². The zero-order valence-corrected chi connectivity index (χ0v) is 13.3. The van der Waals surface area contributed by atoms with E-state index in [2.05, 4.69) is 48.1 Å². The van der Waals surface area contributed by atoms with Gasteiger partial charge in [-0.05, 0) is 17.9 Å². The number of carbonyl (C=O) groups is 1. The smallest absolute Gasteiger partial charge is 0.257 e. The van der Waals surface area contributed by atoms with Gasteiger partial charge in [-0.15, -0.1) is 0 Å². The first-order chi connectivity index (χ1) is 10.5. The second-order valence-corrected chi connectivity index (χ2v) is 6.66. The molecule has 0 spiro atoms. The summed E-state index contributed by atoms with van der Waals surface area (Å²) in [6.45, 7) is 7.76. The number of benzene rings is 1. The normalized spacial score (nSPS) is 20.1. The van der Waals surface area contributed by atoms with Crippen LogP contribution in [0, 0.1) is 12.3 Å². The second-order valence-electron chi connectivity index (χ2n) is 6.66. The molecular formula is C18H21N3O. The van der Waals surface area contributed by atoms with Crippen LogP contribution in [0.5, 0.6) is 0 Å². The highest BCUT2D eigenvalue weighted by molar-refractivity contribution is 5.94. The lowest BCUT2D eigenvalue weighted by Crippen LogP contribution is -2.30. The summed E-state index contributed by atoms with van der Waals surface area (Å²) in [6.07, 6.45) is 3.24. The van der Waals surface area contributed by atoms with Gasteiger partial charge in [0.15, 0.2) is 0 Å². The number of nitrogens with zero attached hydrogens (tertiary/aromatic N) is 3. The van der Waals surface area contributed by atoms with Crippen molar-refractivity contribution < 1.29 is 4.79 Å². The molecule has 0 saturated carbocycles. The van der Waals surface area contributed by atoms with Crippen LogP contribution in [0.15, 0.2) is 42.7 Å². The van der Waals surface area contributed by atoms with Crippen molar-refractivity contribution in [2.24, 2.45) is 5.41 Å². The van der Waals surface area contributed by atoms with Gasteiger partial charge in [-0.1, -0.05) is 44.2 Å². The third-order valence-electron chi connectivity index (χ3n) is 4.46. The Balaban J connectivity index is 1.83. The van der Waals surface area contributed by atoms with Crippen LogP contribution in [0.4, 0.5) is 0 Å². The molecule has 1 atom stereocenters. The SMILES string of the molecule is Cc1ncc(C(=O)N2CC(c3ccccc3)C(C)(C)C2)cn1. The number of hydrogen-bond acceptors (Lipinski definition) is 3. The molecule has 0 radical (unpaired) electrons. The van der Waals surface area contributed by atoms with Crippen molar-refractivity contribution in [3.63, 3.8) is 0 Å². The van der Waals surface area contributed by atoms with Gasteiger partial charge >= 0.3 is 0 Å². The molecular weight excluding hydrogens is 274 g/mol. The molecule has 2 aromatic rings. The Hall–Kier alpha value is -2.23. The molecule has 1 fully saturated rings. The molecule has 1 aromatic carbocycles. The minimum absolute atomic E-state index is 0.0199. The average molecular weight is 295 g/mol. The minimum atomic E-state index is 0.0199. The standard InChI is InChI=1S/C18H21N3O/c1-13-19-9-15(10-20-13)17(22)21-11-16(18(2,3)12-21)14-7-5-4-6-8-14/h4-10,16H,11-12H2,1-3H3. The molecule has 22 heavy (non-hydrogen) atoms. The van der Waals surface area contributed by atoms with Crippen molar-refractivity contribution >= 4 is 5.91 Å². The van der Waals surface area contributed by atoms with Gasteiger partial charge in [0.25, 0.3) is 5.91 Å². The number of amides is 1. The van der Waals surface area contributed by atoms with Crippen molar-refractivity contribution in [3.05, 3.63) is 59.7 Å². The van der Waals surface area contributed by atoms with Gasteiger partial charge in [0.2, 0.25) is 0 Å². The van der Waals surface area contributed by atoms with E-state index in [1.54, 1.807) is 12.4 Å². The number of hydrogen-bond donors (Lipinski definition) is 0. The summed E-state index contributed by atoms with van der Waals surface area (Å²) in [4.78, 5) is 22.8. The molecule has 1 unspecified atom stereocenters. The summed E-state index contributed by atoms with van der Waals surface area (Å²) in [5.74, 6) is 1.05. The van der Waals surface area contributed by atoms with Crippen molar-refractivity contribution in [2.75, 3.05) is 13.1 Å². The Morgan fingerprint density at radius 3 is 2.45 bits per heavy atom. The maximum absolute atomic E-state index is 12.7. The fraction of sp³-hybridized carbons (Fsp3) is 0.389. The average Bonchev–Trinajstić information content (AvgIpc) is 2.84. The highest BCUT2D eigenvalue weighted by Gasteiger charge is 2.42. The van der Waals surface area contributed by atoms with E-state index >= 15 is 0 Å². The number of rotatable bonds is 2. The first kappa shape index (κ1) is 14.7. The maximum atomic E-state index is 12.7. The second kappa shape index (κ2) is 5.52. The molecule has 1 saturated heterocycles. The first-order valence-electron chi connectivity index (χ1n) is 7.60. The van der Waals surface area contributed by atoms with Gasteiger partial charge in [0.1, 0.15) is 5.82 Å². The van der Waals surface area contributed by atoms with Gasteiger partial charge in [-0.3, -0.25) is 4.79 Å². The third kappa shape index (κ3) is 2.73. The lowest BCUT2D eigenvalue weighted by molar-refractivity contribution is 0.0777. The van der Waals surface area contributed by atoms with Crippen molar-refractivity contribution in [1.29, 1.82) is 0 Å². The maximum Gasteiger partial charge on any atom is 0.257 e. The molecule has 0 N–H and O–H groups in total. The number of aromatic nitrogens is 2. The van der Waals surface area contributed by atoms with Crippen LogP contribution in [-0.4, -0.2) is 33.9 Å². The summed E-state index contributed by atoms with van der Waals surface area (Å²) in [7, 11) is 0. The predicted octanol–water partition coefficient (Wildman–Crippen LogP) is 3.05. The van der Waals surface area contributed by atoms with Crippen molar-refractivity contribution in [3.8, 4) is 0 Å². The monoisotopic (exact) mass is 295 g/mol. The van der Waals surface area contributed by atoms with Crippen LogP contribution in [0.2, 0.25) is 0 Å². The number of carbonyl (C=O) groups excluding carboxylic acids is 1. The molecule has 4 nitrogen and oxygen atoms in total. The Morgan fingerprint density at radius 1 is 1.18 bits per heavy atom. The van der Waals surface area contributed by atoms with Crippen LogP contribution in [-0.2, 0) is 0 Å². The van der Waals surface area contributed by atoms with Crippen LogP contribution < -0.4 is 0 Å². The topological polar surface area (TPSA) is 46.1 Å². The van der Waals surface area contributed by atoms with E-state index in [0.29, 0.717) is 17.3 Å². The van der Waals surface area contributed by atoms with Gasteiger partial charge in [0, 0.05) is 31.4 Å². The first-order valence-corrected chi connectivity index (χ1v) is 7.60. The summed E-state index contributed by atoms with van der Waals surface area (Å²) in [5, 5.41) is 0. The summed E-state index contributed by atoms with van der Waals surface area (Å²) in [6, 6.07) is 10.4. The van der Waals surface area contributed by atoms with E-state index < -0.39 is 0 Å².